The van der Waals surface area contributed by atoms with E-state index in [1.807, 2.05) is 0 Å². The number of alkyl halides is 3. The Balaban J connectivity index is 2.67. The summed E-state index contributed by atoms with van der Waals surface area (Å²) in [6.45, 7) is -0.342. The van der Waals surface area contributed by atoms with Gasteiger partial charge in [-0.25, -0.2) is 0 Å². The molecule has 0 aliphatic carbocycles. The lowest BCUT2D eigenvalue weighted by molar-refractivity contribution is -0.136. The normalized spacial score (nSPS) is 11.6. The minimum absolute atomic E-state index is 0.342. The van der Waals surface area contributed by atoms with Gasteiger partial charge in [0.15, 0.2) is 0 Å². The highest BCUT2D eigenvalue weighted by molar-refractivity contribution is 9.10. The van der Waals surface area contributed by atoms with E-state index in [2.05, 4.69) is 15.9 Å². The Hall–Kier alpha value is -0.980. The molecule has 1 rings (SSSR count). The van der Waals surface area contributed by atoms with Crippen molar-refractivity contribution in [3.05, 3.63) is 22.4 Å². The van der Waals surface area contributed by atoms with Crippen molar-refractivity contribution < 1.29 is 18.0 Å². The van der Waals surface area contributed by atoms with Crippen molar-refractivity contribution in [2.45, 2.75) is 12.6 Å². The summed E-state index contributed by atoms with van der Waals surface area (Å²) in [4.78, 5) is 12.9. The first kappa shape index (κ1) is 14.1. The SMILES string of the molecule is CN(CCC(F)(F)F)C(=O)c1cc(Br)cn1C. The molecule has 1 amide bonds. The summed E-state index contributed by atoms with van der Waals surface area (Å²) in [6, 6.07) is 1.58. The van der Waals surface area contributed by atoms with Crippen LogP contribution in [0.25, 0.3) is 0 Å². The second-order valence-electron chi connectivity index (χ2n) is 3.75. The number of carbonyl (C=O) groups is 1. The van der Waals surface area contributed by atoms with Gasteiger partial charge in [-0.15, -0.1) is 0 Å². The molecule has 0 fully saturated rings. The van der Waals surface area contributed by atoms with Crippen LogP contribution in [0.15, 0.2) is 16.7 Å². The predicted octanol–water partition coefficient (Wildman–Crippen LogP) is 2.81. The van der Waals surface area contributed by atoms with E-state index in [9.17, 15) is 18.0 Å². The van der Waals surface area contributed by atoms with E-state index in [1.165, 1.54) is 7.05 Å². The second kappa shape index (κ2) is 5.12. The molecule has 1 aromatic rings. The van der Waals surface area contributed by atoms with Crippen molar-refractivity contribution in [2.75, 3.05) is 13.6 Å². The molecule has 7 heteroatoms. The highest BCUT2D eigenvalue weighted by Gasteiger charge is 2.28. The number of rotatable bonds is 3. The molecule has 0 radical (unpaired) electrons. The fourth-order valence-corrected chi connectivity index (χ4v) is 1.85. The topological polar surface area (TPSA) is 25.2 Å². The molecule has 0 spiro atoms. The summed E-state index contributed by atoms with van der Waals surface area (Å²) in [5.41, 5.74) is 0.349. The first-order chi connectivity index (χ1) is 7.70. The molecule has 3 nitrogen and oxygen atoms in total. The van der Waals surface area contributed by atoms with E-state index < -0.39 is 18.5 Å². The summed E-state index contributed by atoms with van der Waals surface area (Å²) in [5.74, 6) is -0.428. The van der Waals surface area contributed by atoms with E-state index in [1.54, 1.807) is 23.9 Å². The van der Waals surface area contributed by atoms with Crippen molar-refractivity contribution in [3.8, 4) is 0 Å². The Labute approximate surface area is 105 Å². The Morgan fingerprint density at radius 2 is 2.12 bits per heavy atom. The first-order valence-electron chi connectivity index (χ1n) is 4.85. The molecule has 0 N–H and O–H groups in total. The largest absolute Gasteiger partial charge is 0.390 e. The van der Waals surface area contributed by atoms with Gasteiger partial charge in [0, 0.05) is 31.3 Å². The van der Waals surface area contributed by atoms with Crippen LogP contribution in [0.5, 0.6) is 0 Å². The maximum Gasteiger partial charge on any atom is 0.390 e. The van der Waals surface area contributed by atoms with Crippen LogP contribution in [0.4, 0.5) is 13.2 Å². The van der Waals surface area contributed by atoms with Crippen LogP contribution in [0, 0.1) is 0 Å². The lowest BCUT2D eigenvalue weighted by atomic mass is 10.3. The lowest BCUT2D eigenvalue weighted by Crippen LogP contribution is -2.31. The zero-order valence-corrected chi connectivity index (χ0v) is 11.0. The Morgan fingerprint density at radius 3 is 2.53 bits per heavy atom. The van der Waals surface area contributed by atoms with Crippen LogP contribution >= 0.6 is 15.9 Å². The van der Waals surface area contributed by atoms with Gasteiger partial charge in [-0.05, 0) is 22.0 Å². The Morgan fingerprint density at radius 1 is 1.53 bits per heavy atom. The van der Waals surface area contributed by atoms with Crippen LogP contribution in [0.2, 0.25) is 0 Å². The van der Waals surface area contributed by atoms with Crippen molar-refractivity contribution in [3.63, 3.8) is 0 Å². The quantitative estimate of drug-likeness (QED) is 0.842. The summed E-state index contributed by atoms with van der Waals surface area (Å²) < 4.78 is 38.3. The third kappa shape index (κ3) is 4.07. The average Bonchev–Trinajstić information content (AvgIpc) is 2.52. The van der Waals surface area contributed by atoms with Gasteiger partial charge in [0.2, 0.25) is 0 Å². The second-order valence-corrected chi connectivity index (χ2v) is 4.66. The van der Waals surface area contributed by atoms with Crippen LogP contribution in [0.3, 0.4) is 0 Å². The van der Waals surface area contributed by atoms with Crippen molar-refractivity contribution >= 4 is 21.8 Å². The molecular weight excluding hydrogens is 301 g/mol. The Bertz CT molecular complexity index is 414. The number of halogens is 4. The van der Waals surface area contributed by atoms with E-state index in [-0.39, 0.29) is 6.54 Å². The summed E-state index contributed by atoms with van der Waals surface area (Å²) in [6.07, 6.45) is -3.57. The molecule has 0 aliphatic heterocycles. The number of aryl methyl sites for hydroxylation is 1. The predicted molar refractivity (Wildman–Crippen MR) is 60.7 cm³/mol. The maximum atomic E-state index is 12.0. The van der Waals surface area contributed by atoms with Crippen molar-refractivity contribution in [1.82, 2.24) is 9.47 Å². The molecule has 0 unspecified atom stereocenters. The molecule has 96 valence electrons. The maximum absolute atomic E-state index is 12.0. The van der Waals surface area contributed by atoms with Crippen LogP contribution in [0.1, 0.15) is 16.9 Å². The fourth-order valence-electron chi connectivity index (χ4n) is 1.33. The molecule has 0 aliphatic rings. The number of aromatic nitrogens is 1. The smallest absolute Gasteiger partial charge is 0.345 e. The van der Waals surface area contributed by atoms with Gasteiger partial charge in [-0.1, -0.05) is 0 Å². The number of nitrogens with zero attached hydrogens (tertiary/aromatic N) is 2. The molecular formula is C10H12BrF3N2O. The van der Waals surface area contributed by atoms with Gasteiger partial charge < -0.3 is 9.47 Å². The van der Waals surface area contributed by atoms with E-state index in [0.29, 0.717) is 10.2 Å². The third-order valence-corrected chi connectivity index (χ3v) is 2.70. The summed E-state index contributed by atoms with van der Waals surface area (Å²) in [5, 5.41) is 0. The number of hydrogen-bond donors (Lipinski definition) is 0. The molecule has 0 saturated carbocycles. The molecule has 1 aromatic heterocycles. The van der Waals surface area contributed by atoms with Gasteiger partial charge in [-0.3, -0.25) is 4.79 Å². The Kier molecular flexibility index (Phi) is 4.24. The molecule has 1 heterocycles. The molecule has 17 heavy (non-hydrogen) atoms. The lowest BCUT2D eigenvalue weighted by Gasteiger charge is -2.18. The third-order valence-electron chi connectivity index (χ3n) is 2.27. The van der Waals surface area contributed by atoms with Crippen molar-refractivity contribution in [2.24, 2.45) is 7.05 Å². The van der Waals surface area contributed by atoms with Gasteiger partial charge in [0.1, 0.15) is 5.69 Å². The van der Waals surface area contributed by atoms with Gasteiger partial charge in [0.25, 0.3) is 5.91 Å². The minimum Gasteiger partial charge on any atom is -0.345 e. The van der Waals surface area contributed by atoms with E-state index in [0.717, 1.165) is 4.90 Å². The molecule has 0 bridgehead atoms. The molecule has 0 saturated heterocycles. The van der Waals surface area contributed by atoms with Crippen molar-refractivity contribution in [1.29, 1.82) is 0 Å². The van der Waals surface area contributed by atoms with E-state index >= 15 is 0 Å². The number of amides is 1. The van der Waals surface area contributed by atoms with Crippen LogP contribution in [-0.4, -0.2) is 35.1 Å². The fraction of sp³-hybridized carbons (Fsp3) is 0.500. The van der Waals surface area contributed by atoms with Gasteiger partial charge >= 0.3 is 6.18 Å². The highest BCUT2D eigenvalue weighted by Crippen LogP contribution is 2.20. The standard InChI is InChI=1S/C10H12BrF3N2O/c1-15(4-3-10(12,13)14)9(17)8-5-7(11)6-16(8)2/h5-6H,3-4H2,1-2H3. The highest BCUT2D eigenvalue weighted by atomic mass is 79.9. The van der Waals surface area contributed by atoms with Gasteiger partial charge in [-0.2, -0.15) is 13.2 Å². The average molecular weight is 313 g/mol. The van der Waals surface area contributed by atoms with E-state index in [4.69, 9.17) is 0 Å². The van der Waals surface area contributed by atoms with Gasteiger partial charge in [0.05, 0.1) is 6.42 Å². The minimum atomic E-state index is -4.25. The molecule has 0 aromatic carbocycles. The summed E-state index contributed by atoms with van der Waals surface area (Å²) >= 11 is 3.20. The monoisotopic (exact) mass is 312 g/mol. The zero-order chi connectivity index (χ0) is 13.2. The number of carbonyl (C=O) groups excluding carboxylic acids is 1. The first-order valence-corrected chi connectivity index (χ1v) is 5.64. The molecule has 0 atom stereocenters. The zero-order valence-electron chi connectivity index (χ0n) is 9.38. The van der Waals surface area contributed by atoms with Crippen LogP contribution < -0.4 is 0 Å². The van der Waals surface area contributed by atoms with Crippen LogP contribution in [-0.2, 0) is 7.05 Å². The number of hydrogen-bond acceptors (Lipinski definition) is 1. The summed E-state index contributed by atoms with van der Waals surface area (Å²) in [7, 11) is 3.02.